The number of aromatic nitrogens is 1. The van der Waals surface area contributed by atoms with Gasteiger partial charge in [-0.15, -0.1) is 0 Å². The van der Waals surface area contributed by atoms with Gasteiger partial charge >= 0.3 is 0 Å². The van der Waals surface area contributed by atoms with Gasteiger partial charge in [0, 0.05) is 36.0 Å². The summed E-state index contributed by atoms with van der Waals surface area (Å²) in [5, 5.41) is 0.513. The lowest BCUT2D eigenvalue weighted by Gasteiger charge is -2.28. The van der Waals surface area contributed by atoms with Crippen molar-refractivity contribution >= 4 is 23.3 Å². The minimum atomic E-state index is -0.573. The van der Waals surface area contributed by atoms with Crippen molar-refractivity contribution in [2.24, 2.45) is 5.92 Å². The molecule has 0 fully saturated rings. The van der Waals surface area contributed by atoms with Crippen molar-refractivity contribution in [1.29, 1.82) is 0 Å². The third kappa shape index (κ3) is 4.55. The van der Waals surface area contributed by atoms with Crippen LogP contribution in [-0.4, -0.2) is 48.4 Å². The fourth-order valence-electron chi connectivity index (χ4n) is 4.36. The number of benzene rings is 1. The van der Waals surface area contributed by atoms with Crippen molar-refractivity contribution in [3.05, 3.63) is 58.1 Å². The maximum absolute atomic E-state index is 13.4. The summed E-state index contributed by atoms with van der Waals surface area (Å²) < 4.78 is 17.0. The van der Waals surface area contributed by atoms with Gasteiger partial charge in [0.2, 0.25) is 0 Å². The summed E-state index contributed by atoms with van der Waals surface area (Å²) >= 11 is 5.92. The van der Waals surface area contributed by atoms with Gasteiger partial charge < -0.3 is 19.1 Å². The van der Waals surface area contributed by atoms with Crippen LogP contribution in [0.5, 0.6) is 17.2 Å². The zero-order chi connectivity index (χ0) is 23.7. The molecule has 0 bridgehead atoms. The standard InChI is InChI=1S/C25H27ClN2O5/c1-14(2)9-19(20(29)11-17-6-5-16(26)12-27-17)28-13-15-10-18-21(31-3)7-8-22(32-4)24(18)33-23(15)25(28)30/h5-8,12,14,19H,9-11,13H2,1-4H3/t19-/m0/s1. The molecule has 0 N–H and O–H groups in total. The van der Waals surface area contributed by atoms with Crippen molar-refractivity contribution in [2.75, 3.05) is 20.8 Å². The second-order valence-corrected chi connectivity index (χ2v) is 9.11. The number of amides is 1. The van der Waals surface area contributed by atoms with E-state index in [9.17, 15) is 9.59 Å². The molecule has 2 aliphatic heterocycles. The Kier molecular flexibility index (Phi) is 6.61. The minimum Gasteiger partial charge on any atom is -0.496 e. The Morgan fingerprint density at radius 2 is 1.91 bits per heavy atom. The second kappa shape index (κ2) is 9.43. The fourth-order valence-corrected chi connectivity index (χ4v) is 4.47. The molecule has 0 aliphatic carbocycles. The number of halogens is 1. The number of pyridine rings is 1. The van der Waals surface area contributed by atoms with E-state index >= 15 is 0 Å². The van der Waals surface area contributed by atoms with E-state index in [-0.39, 0.29) is 29.8 Å². The van der Waals surface area contributed by atoms with E-state index in [1.54, 1.807) is 37.3 Å². The normalized spacial score (nSPS) is 15.8. The Balaban J connectivity index is 1.59. The highest BCUT2D eigenvalue weighted by Gasteiger charge is 2.42. The monoisotopic (exact) mass is 470 g/mol. The highest BCUT2D eigenvalue weighted by molar-refractivity contribution is 6.30. The van der Waals surface area contributed by atoms with E-state index in [1.807, 2.05) is 19.9 Å². The second-order valence-electron chi connectivity index (χ2n) is 8.68. The minimum absolute atomic E-state index is 0.0561. The van der Waals surface area contributed by atoms with Gasteiger partial charge in [0.1, 0.15) is 5.75 Å². The van der Waals surface area contributed by atoms with E-state index < -0.39 is 6.04 Å². The van der Waals surface area contributed by atoms with E-state index in [2.05, 4.69) is 4.98 Å². The molecule has 1 aromatic heterocycles. The maximum atomic E-state index is 13.4. The number of Topliss-reactive ketones (excluding diaryl/α,β-unsaturated/α-hetero) is 1. The summed E-state index contributed by atoms with van der Waals surface area (Å²) in [5.74, 6) is 1.87. The summed E-state index contributed by atoms with van der Waals surface area (Å²) in [6.45, 7) is 4.42. The lowest BCUT2D eigenvalue weighted by Crippen LogP contribution is -2.45. The van der Waals surface area contributed by atoms with Gasteiger partial charge in [-0.3, -0.25) is 14.6 Å². The quantitative estimate of drug-likeness (QED) is 0.580. The molecule has 0 spiro atoms. The molecule has 0 unspecified atom stereocenters. The van der Waals surface area contributed by atoms with Crippen LogP contribution in [-0.2, 0) is 22.4 Å². The Labute approximate surface area is 198 Å². The molecule has 0 saturated carbocycles. The Bertz CT molecular complexity index is 1110. The average molecular weight is 471 g/mol. The molecule has 4 rings (SSSR count). The van der Waals surface area contributed by atoms with Gasteiger partial charge in [0.05, 0.1) is 31.7 Å². The van der Waals surface area contributed by atoms with Gasteiger partial charge in [-0.1, -0.05) is 25.4 Å². The summed E-state index contributed by atoms with van der Waals surface area (Å²) in [6, 6.07) is 6.45. The molecule has 0 saturated heterocycles. The Morgan fingerprint density at radius 3 is 2.55 bits per heavy atom. The highest BCUT2D eigenvalue weighted by Crippen LogP contribution is 2.45. The molecule has 8 heteroatoms. The van der Waals surface area contributed by atoms with Crippen LogP contribution >= 0.6 is 11.6 Å². The van der Waals surface area contributed by atoms with Crippen LogP contribution in [0, 0.1) is 5.92 Å². The lowest BCUT2D eigenvalue weighted by molar-refractivity contribution is -0.136. The number of ether oxygens (including phenoxy) is 3. The van der Waals surface area contributed by atoms with Crippen molar-refractivity contribution in [3.63, 3.8) is 0 Å². The lowest BCUT2D eigenvalue weighted by atomic mass is 9.96. The van der Waals surface area contributed by atoms with Crippen LogP contribution in [0.4, 0.5) is 0 Å². The number of fused-ring (bicyclic) bond motifs is 1. The van der Waals surface area contributed by atoms with Gasteiger partial charge in [-0.2, -0.15) is 0 Å². The van der Waals surface area contributed by atoms with Gasteiger partial charge in [0.25, 0.3) is 5.91 Å². The SMILES string of the molecule is COc1ccc(OC)c2c1CC1=C(O2)C(=O)N([C@@H](CC(C)C)C(=O)Cc2ccc(Cl)cn2)C1. The van der Waals surface area contributed by atoms with Crippen LogP contribution in [0.1, 0.15) is 31.5 Å². The topological polar surface area (TPSA) is 78.0 Å². The number of methoxy groups -OCH3 is 2. The molecular weight excluding hydrogens is 444 g/mol. The number of carbonyl (C=O) groups excluding carboxylic acids is 2. The third-order valence-corrected chi connectivity index (χ3v) is 6.16. The molecule has 1 atom stereocenters. The molecule has 1 amide bonds. The number of carbonyl (C=O) groups is 2. The molecule has 0 radical (unpaired) electrons. The summed E-state index contributed by atoms with van der Waals surface area (Å²) in [6.07, 6.45) is 2.70. The first-order valence-electron chi connectivity index (χ1n) is 10.9. The number of rotatable bonds is 8. The predicted molar refractivity (Wildman–Crippen MR) is 124 cm³/mol. The molecule has 2 aromatic rings. The van der Waals surface area contributed by atoms with E-state index in [4.69, 9.17) is 25.8 Å². The highest BCUT2D eigenvalue weighted by atomic mass is 35.5. The number of ketones is 1. The Morgan fingerprint density at radius 1 is 1.18 bits per heavy atom. The molecule has 1 aromatic carbocycles. The van der Waals surface area contributed by atoms with Crippen molar-refractivity contribution in [2.45, 2.75) is 39.2 Å². The molecule has 2 aliphatic rings. The number of hydrogen-bond donors (Lipinski definition) is 0. The van der Waals surface area contributed by atoms with Gasteiger partial charge in [-0.25, -0.2) is 0 Å². The van der Waals surface area contributed by atoms with Crippen LogP contribution < -0.4 is 14.2 Å². The van der Waals surface area contributed by atoms with Crippen molar-refractivity contribution < 1.29 is 23.8 Å². The number of nitrogens with zero attached hydrogens (tertiary/aromatic N) is 2. The largest absolute Gasteiger partial charge is 0.496 e. The van der Waals surface area contributed by atoms with Crippen molar-refractivity contribution in [1.82, 2.24) is 9.88 Å². The first-order valence-corrected chi connectivity index (χ1v) is 11.3. The maximum Gasteiger partial charge on any atom is 0.290 e. The zero-order valence-electron chi connectivity index (χ0n) is 19.2. The van der Waals surface area contributed by atoms with E-state index in [0.717, 1.165) is 11.1 Å². The van der Waals surface area contributed by atoms with Crippen LogP contribution in [0.2, 0.25) is 5.02 Å². The van der Waals surface area contributed by atoms with Gasteiger partial charge in [0.15, 0.2) is 23.0 Å². The zero-order valence-corrected chi connectivity index (χ0v) is 19.9. The summed E-state index contributed by atoms with van der Waals surface area (Å²) in [4.78, 5) is 32.6. The molecular formula is C25H27ClN2O5. The molecule has 174 valence electrons. The average Bonchev–Trinajstić information content (AvgIpc) is 3.12. The molecule has 7 nitrogen and oxygen atoms in total. The molecule has 3 heterocycles. The van der Waals surface area contributed by atoms with Crippen LogP contribution in [0.3, 0.4) is 0 Å². The smallest absolute Gasteiger partial charge is 0.290 e. The van der Waals surface area contributed by atoms with Crippen molar-refractivity contribution in [3.8, 4) is 17.2 Å². The third-order valence-electron chi connectivity index (χ3n) is 5.94. The van der Waals surface area contributed by atoms with Crippen LogP contribution in [0.25, 0.3) is 0 Å². The predicted octanol–water partition coefficient (Wildman–Crippen LogP) is 4.01. The Hall–Kier alpha value is -3.06. The van der Waals surface area contributed by atoms with E-state index in [0.29, 0.717) is 47.4 Å². The fraction of sp³-hybridized carbons (Fsp3) is 0.400. The van der Waals surface area contributed by atoms with E-state index in [1.165, 1.54) is 6.20 Å². The first-order chi connectivity index (χ1) is 15.8. The molecule has 33 heavy (non-hydrogen) atoms. The van der Waals surface area contributed by atoms with Gasteiger partial charge in [-0.05, 0) is 36.6 Å². The summed E-state index contributed by atoms with van der Waals surface area (Å²) in [5.41, 5.74) is 2.30. The first kappa shape index (κ1) is 23.1. The number of hydrogen-bond acceptors (Lipinski definition) is 6. The summed E-state index contributed by atoms with van der Waals surface area (Å²) in [7, 11) is 3.15. The van der Waals surface area contributed by atoms with Crippen LogP contribution in [0.15, 0.2) is 41.8 Å².